The quantitative estimate of drug-likeness (QED) is 0.723. The van der Waals surface area contributed by atoms with Crippen molar-refractivity contribution in [1.82, 2.24) is 15.0 Å². The Kier molecular flexibility index (Phi) is 3.70. The number of likely N-dealkylation sites (tertiary alicyclic amines) is 1. The molecule has 0 unspecified atom stereocenters. The summed E-state index contributed by atoms with van der Waals surface area (Å²) >= 11 is 6.00. The van der Waals surface area contributed by atoms with E-state index in [-0.39, 0.29) is 17.7 Å². The van der Waals surface area contributed by atoms with E-state index in [0.29, 0.717) is 35.5 Å². The van der Waals surface area contributed by atoms with Gasteiger partial charge in [-0.15, -0.1) is 0 Å². The van der Waals surface area contributed by atoms with E-state index in [9.17, 15) is 4.79 Å². The van der Waals surface area contributed by atoms with Gasteiger partial charge in [0.2, 0.25) is 11.6 Å². The Bertz CT molecular complexity index is 856. The molecule has 3 aromatic rings. The third-order valence-electron chi connectivity index (χ3n) is 3.63. The summed E-state index contributed by atoms with van der Waals surface area (Å²) in [4.78, 5) is 18.0. The van der Waals surface area contributed by atoms with Gasteiger partial charge in [0.15, 0.2) is 11.5 Å². The van der Waals surface area contributed by atoms with E-state index in [1.807, 2.05) is 0 Å². The maximum absolute atomic E-state index is 12.4. The summed E-state index contributed by atoms with van der Waals surface area (Å²) in [6.45, 7) is 0.878. The van der Waals surface area contributed by atoms with E-state index in [1.165, 1.54) is 6.26 Å². The fourth-order valence-electron chi connectivity index (χ4n) is 2.37. The number of pyridine rings is 1. The minimum atomic E-state index is -0.219. The van der Waals surface area contributed by atoms with Crippen molar-refractivity contribution in [3.8, 4) is 17.4 Å². The fraction of sp³-hybridized carbons (Fsp3) is 0.188. The molecule has 1 aliphatic heterocycles. The molecular formula is C16H12ClN3O4. The van der Waals surface area contributed by atoms with Gasteiger partial charge in [-0.05, 0) is 24.3 Å². The lowest BCUT2D eigenvalue weighted by Gasteiger charge is -2.38. The van der Waals surface area contributed by atoms with Crippen LogP contribution in [0.4, 0.5) is 0 Å². The van der Waals surface area contributed by atoms with Crippen molar-refractivity contribution < 1.29 is 18.5 Å². The normalized spacial score (nSPS) is 14.5. The molecule has 0 aliphatic carbocycles. The van der Waals surface area contributed by atoms with Crippen LogP contribution < -0.4 is 4.74 Å². The number of rotatable bonds is 4. The lowest BCUT2D eigenvalue weighted by atomic mass is 10.1. The van der Waals surface area contributed by atoms with Gasteiger partial charge in [0.1, 0.15) is 11.1 Å². The number of aromatic nitrogens is 2. The standard InChI is InChI=1S/C16H12ClN3O4/c17-11-3-1-5-18-15(11)23-10-8-20(9-10)16(21)12-7-14(24-19-12)13-4-2-6-22-13/h1-7,10H,8-9H2. The molecule has 3 aromatic heterocycles. The zero-order valence-electron chi connectivity index (χ0n) is 12.4. The summed E-state index contributed by atoms with van der Waals surface area (Å²) in [5.74, 6) is 1.09. The number of carbonyl (C=O) groups is 1. The molecule has 7 nitrogen and oxygen atoms in total. The Labute approximate surface area is 141 Å². The van der Waals surface area contributed by atoms with Crippen LogP contribution in [0.5, 0.6) is 5.88 Å². The molecule has 0 saturated carbocycles. The Balaban J connectivity index is 1.37. The maximum Gasteiger partial charge on any atom is 0.276 e. The molecule has 0 bridgehead atoms. The fourth-order valence-corrected chi connectivity index (χ4v) is 2.53. The van der Waals surface area contributed by atoms with Crippen molar-refractivity contribution in [2.45, 2.75) is 6.10 Å². The number of halogens is 1. The van der Waals surface area contributed by atoms with Gasteiger partial charge in [-0.1, -0.05) is 16.8 Å². The first-order chi connectivity index (χ1) is 11.7. The molecule has 1 amide bonds. The molecule has 4 rings (SSSR count). The molecule has 0 atom stereocenters. The van der Waals surface area contributed by atoms with Crippen molar-refractivity contribution in [2.75, 3.05) is 13.1 Å². The van der Waals surface area contributed by atoms with Crippen LogP contribution in [0.2, 0.25) is 5.02 Å². The highest BCUT2D eigenvalue weighted by atomic mass is 35.5. The Hall–Kier alpha value is -2.80. The molecule has 4 heterocycles. The first kappa shape index (κ1) is 14.8. The summed E-state index contributed by atoms with van der Waals surface area (Å²) < 4.78 is 16.0. The third kappa shape index (κ3) is 2.74. The Morgan fingerprint density at radius 2 is 2.17 bits per heavy atom. The molecule has 1 fully saturated rings. The average molecular weight is 346 g/mol. The summed E-state index contributed by atoms with van der Waals surface area (Å²) in [7, 11) is 0. The smallest absolute Gasteiger partial charge is 0.276 e. The van der Waals surface area contributed by atoms with Crippen molar-refractivity contribution in [1.29, 1.82) is 0 Å². The largest absolute Gasteiger partial charge is 0.470 e. The molecule has 8 heteroatoms. The van der Waals surface area contributed by atoms with Crippen LogP contribution in [0.1, 0.15) is 10.5 Å². The van der Waals surface area contributed by atoms with Crippen molar-refractivity contribution >= 4 is 17.5 Å². The molecule has 0 spiro atoms. The second kappa shape index (κ2) is 6.01. The van der Waals surface area contributed by atoms with Crippen LogP contribution in [0.25, 0.3) is 11.5 Å². The van der Waals surface area contributed by atoms with Crippen molar-refractivity contribution in [3.05, 3.63) is 53.5 Å². The summed E-state index contributed by atoms with van der Waals surface area (Å²) in [5, 5.41) is 4.24. The van der Waals surface area contributed by atoms with Gasteiger partial charge in [-0.3, -0.25) is 4.79 Å². The van der Waals surface area contributed by atoms with E-state index in [2.05, 4.69) is 10.1 Å². The van der Waals surface area contributed by atoms with E-state index in [1.54, 1.807) is 41.4 Å². The minimum absolute atomic E-state index is 0.141. The van der Waals surface area contributed by atoms with Crippen LogP contribution in [-0.2, 0) is 0 Å². The Morgan fingerprint density at radius 3 is 2.92 bits per heavy atom. The van der Waals surface area contributed by atoms with Gasteiger partial charge in [-0.2, -0.15) is 0 Å². The summed E-state index contributed by atoms with van der Waals surface area (Å²) in [6, 6.07) is 8.47. The molecular weight excluding hydrogens is 334 g/mol. The van der Waals surface area contributed by atoms with Crippen LogP contribution in [0.3, 0.4) is 0 Å². The lowest BCUT2D eigenvalue weighted by Crippen LogP contribution is -2.56. The molecule has 0 N–H and O–H groups in total. The third-order valence-corrected chi connectivity index (χ3v) is 3.92. The number of ether oxygens (including phenoxy) is 1. The highest BCUT2D eigenvalue weighted by Crippen LogP contribution is 2.25. The number of amides is 1. The SMILES string of the molecule is O=C(c1cc(-c2ccco2)on1)N1CC(Oc2ncccc2Cl)C1. The second-order valence-corrected chi connectivity index (χ2v) is 5.70. The first-order valence-electron chi connectivity index (χ1n) is 7.28. The van der Waals surface area contributed by atoms with Gasteiger partial charge in [0.05, 0.1) is 19.4 Å². The molecule has 0 radical (unpaired) electrons. The van der Waals surface area contributed by atoms with E-state index in [0.717, 1.165) is 0 Å². The van der Waals surface area contributed by atoms with Crippen molar-refractivity contribution in [3.63, 3.8) is 0 Å². The highest BCUT2D eigenvalue weighted by molar-refractivity contribution is 6.31. The average Bonchev–Trinajstić information content (AvgIpc) is 3.22. The van der Waals surface area contributed by atoms with E-state index in [4.69, 9.17) is 25.3 Å². The van der Waals surface area contributed by atoms with Crippen molar-refractivity contribution in [2.24, 2.45) is 0 Å². The Morgan fingerprint density at radius 1 is 1.29 bits per heavy atom. The predicted octanol–water partition coefficient (Wildman–Crippen LogP) is 2.89. The minimum Gasteiger partial charge on any atom is -0.470 e. The van der Waals surface area contributed by atoms with Gasteiger partial charge >= 0.3 is 0 Å². The topological polar surface area (TPSA) is 81.6 Å². The van der Waals surface area contributed by atoms with E-state index >= 15 is 0 Å². The summed E-state index contributed by atoms with van der Waals surface area (Å²) in [5.41, 5.74) is 0.232. The van der Waals surface area contributed by atoms with Gasteiger partial charge in [0.25, 0.3) is 5.91 Å². The molecule has 1 saturated heterocycles. The predicted molar refractivity (Wildman–Crippen MR) is 83.8 cm³/mol. The van der Waals surface area contributed by atoms with Crippen LogP contribution in [0, 0.1) is 0 Å². The van der Waals surface area contributed by atoms with E-state index < -0.39 is 0 Å². The first-order valence-corrected chi connectivity index (χ1v) is 7.65. The zero-order valence-corrected chi connectivity index (χ0v) is 13.1. The van der Waals surface area contributed by atoms with Crippen LogP contribution >= 0.6 is 11.6 Å². The number of hydrogen-bond donors (Lipinski definition) is 0. The van der Waals surface area contributed by atoms with Gasteiger partial charge in [0, 0.05) is 12.3 Å². The molecule has 122 valence electrons. The highest BCUT2D eigenvalue weighted by Gasteiger charge is 2.35. The number of hydrogen-bond acceptors (Lipinski definition) is 6. The monoisotopic (exact) mass is 345 g/mol. The zero-order chi connectivity index (χ0) is 16.5. The van der Waals surface area contributed by atoms with Crippen LogP contribution in [-0.4, -0.2) is 40.1 Å². The molecule has 24 heavy (non-hydrogen) atoms. The van der Waals surface area contributed by atoms with Crippen LogP contribution in [0.15, 0.2) is 51.7 Å². The molecule has 0 aromatic carbocycles. The number of furan rings is 1. The number of carbonyl (C=O) groups excluding carboxylic acids is 1. The molecule has 1 aliphatic rings. The lowest BCUT2D eigenvalue weighted by molar-refractivity contribution is 0.0153. The second-order valence-electron chi connectivity index (χ2n) is 5.29. The maximum atomic E-state index is 12.4. The summed E-state index contributed by atoms with van der Waals surface area (Å²) in [6.07, 6.45) is 2.99. The number of nitrogens with zero attached hydrogens (tertiary/aromatic N) is 3. The van der Waals surface area contributed by atoms with Gasteiger partial charge in [-0.25, -0.2) is 4.98 Å². The van der Waals surface area contributed by atoms with Gasteiger partial charge < -0.3 is 18.6 Å².